The second-order valence-electron chi connectivity index (χ2n) is 23.2. The minimum absolute atomic E-state index is 0.123. The van der Waals surface area contributed by atoms with Gasteiger partial charge in [-0.25, -0.2) is 0 Å². The van der Waals surface area contributed by atoms with Crippen molar-refractivity contribution in [3.8, 4) is 55.6 Å². The lowest BCUT2D eigenvalue weighted by Crippen LogP contribution is -2.55. The van der Waals surface area contributed by atoms with E-state index in [0.717, 1.165) is 40.7 Å². The van der Waals surface area contributed by atoms with Gasteiger partial charge in [0, 0.05) is 27.9 Å². The maximum absolute atomic E-state index is 2.56. The van der Waals surface area contributed by atoms with Gasteiger partial charge in [-0.2, -0.15) is 0 Å². The average Bonchev–Trinajstić information content (AvgIpc) is 3.82. The number of rotatable bonds is 6. The number of nitrogens with zero attached hydrogens (tertiary/aromatic N) is 1. The summed E-state index contributed by atoms with van der Waals surface area (Å²) < 4.78 is 0. The van der Waals surface area contributed by atoms with Gasteiger partial charge in [0.2, 0.25) is 0 Å². The minimum atomic E-state index is 0.123. The summed E-state index contributed by atoms with van der Waals surface area (Å²) in [6.45, 7) is 6.85. The number of benzene rings is 8. The van der Waals surface area contributed by atoms with E-state index in [1.54, 1.807) is 16.7 Å². The topological polar surface area (TPSA) is 3.24 Å². The molecule has 5 saturated carbocycles. The Morgan fingerprint density at radius 3 is 1.46 bits per heavy atom. The second-order valence-corrected chi connectivity index (χ2v) is 23.2. The minimum Gasteiger partial charge on any atom is -0.310 e. The van der Waals surface area contributed by atoms with Gasteiger partial charge in [0.25, 0.3) is 0 Å². The van der Waals surface area contributed by atoms with E-state index in [1.165, 1.54) is 131 Å². The third-order valence-electron chi connectivity index (χ3n) is 18.6. The molecule has 8 aromatic rings. The molecular weight excluding hydrogens is 831 g/mol. The predicted molar refractivity (Wildman–Crippen MR) is 289 cm³/mol. The lowest BCUT2D eigenvalue weighted by atomic mass is 9.43. The Labute approximate surface area is 410 Å². The Morgan fingerprint density at radius 1 is 0.377 bits per heavy atom. The first kappa shape index (κ1) is 41.5. The lowest BCUT2D eigenvalue weighted by Gasteiger charge is -2.61. The molecule has 7 aliphatic rings. The molecule has 0 saturated heterocycles. The Morgan fingerprint density at radius 2 is 0.841 bits per heavy atom. The summed E-state index contributed by atoms with van der Waals surface area (Å²) in [4.78, 5) is 2.45. The molecule has 0 unspecified atom stereocenters. The maximum Gasteiger partial charge on any atom is 0.0467 e. The molecule has 0 atom stereocenters. The molecule has 0 aliphatic heterocycles. The zero-order valence-electron chi connectivity index (χ0n) is 40.6. The fourth-order valence-electron chi connectivity index (χ4n) is 15.7. The Hall–Kier alpha value is -6.44. The van der Waals surface area contributed by atoms with Crippen molar-refractivity contribution in [2.75, 3.05) is 4.90 Å². The SMILES string of the molecule is CC(C)(C)c1ccc(-c2ccc(N(c3ccc(-c4ccc5c(c4)-c4ccccc4C54C5CC6CC(C5)CC4C6)cc3)c3cccc(-c4ccc5c(c4)-c4ccccc4C54CCCCC4)c3)cc2)cc1. The van der Waals surface area contributed by atoms with E-state index in [9.17, 15) is 0 Å². The maximum atomic E-state index is 2.56. The van der Waals surface area contributed by atoms with Gasteiger partial charge in [-0.1, -0.05) is 173 Å². The van der Waals surface area contributed by atoms with Gasteiger partial charge in [0.05, 0.1) is 0 Å². The Balaban J connectivity index is 0.837. The molecule has 7 aliphatic carbocycles. The average molecular weight is 894 g/mol. The first-order chi connectivity index (χ1) is 33.7. The van der Waals surface area contributed by atoms with Crippen molar-refractivity contribution in [2.24, 2.45) is 23.7 Å². The van der Waals surface area contributed by atoms with E-state index in [0.29, 0.717) is 0 Å². The molecule has 5 fully saturated rings. The van der Waals surface area contributed by atoms with Crippen LogP contribution in [0.4, 0.5) is 17.1 Å². The van der Waals surface area contributed by atoms with Crippen molar-refractivity contribution >= 4 is 17.1 Å². The standard InChI is InChI=1S/C68H63N/c1-66(2,3)52-26-18-46(19-27-52)47-20-28-55(29-21-47)69(57-13-11-12-49(41-57)51-24-32-63-60(43-51)58-14-5-7-16-62(58)67(63)34-9-4-10-35-67)56-30-22-48(23-31-56)50-25-33-65-61(42-50)59-15-6-8-17-64(59)68(65)53-37-44-36-45(39-53)40-54(68)38-44/h5-8,11-33,41-45,53-54H,4,9-10,34-40H2,1-3H3. The van der Waals surface area contributed by atoms with E-state index < -0.39 is 0 Å². The number of anilines is 3. The normalized spacial score (nSPS) is 23.2. The summed E-state index contributed by atoms with van der Waals surface area (Å²) in [7, 11) is 0. The Bertz CT molecular complexity index is 3250. The molecule has 8 aromatic carbocycles. The quantitative estimate of drug-likeness (QED) is 0.161. The predicted octanol–water partition coefficient (Wildman–Crippen LogP) is 18.4. The third-order valence-corrected chi connectivity index (χ3v) is 18.6. The van der Waals surface area contributed by atoms with Crippen LogP contribution in [0.3, 0.4) is 0 Å². The third kappa shape index (κ3) is 6.34. The number of fused-ring (bicyclic) bond motifs is 8. The molecule has 0 heterocycles. The summed E-state index contributed by atoms with van der Waals surface area (Å²) >= 11 is 0. The fraction of sp³-hybridized carbons (Fsp3) is 0.294. The van der Waals surface area contributed by atoms with Crippen LogP contribution in [-0.4, -0.2) is 0 Å². The Kier molecular flexibility index (Phi) is 9.35. The molecule has 15 rings (SSSR count). The van der Waals surface area contributed by atoms with Crippen LogP contribution >= 0.6 is 0 Å². The van der Waals surface area contributed by atoms with Gasteiger partial charge in [0.15, 0.2) is 0 Å². The van der Waals surface area contributed by atoms with E-state index in [4.69, 9.17) is 0 Å². The van der Waals surface area contributed by atoms with Crippen LogP contribution in [0.25, 0.3) is 55.6 Å². The van der Waals surface area contributed by atoms with Crippen molar-refractivity contribution in [2.45, 2.75) is 101 Å². The van der Waals surface area contributed by atoms with Crippen molar-refractivity contribution in [1.29, 1.82) is 0 Å². The molecule has 4 bridgehead atoms. The van der Waals surface area contributed by atoms with E-state index in [-0.39, 0.29) is 16.2 Å². The van der Waals surface area contributed by atoms with Crippen molar-refractivity contribution in [3.05, 3.63) is 210 Å². The molecule has 0 aromatic heterocycles. The van der Waals surface area contributed by atoms with Crippen molar-refractivity contribution in [3.63, 3.8) is 0 Å². The molecule has 2 spiro atoms. The van der Waals surface area contributed by atoms with Crippen molar-refractivity contribution in [1.82, 2.24) is 0 Å². The van der Waals surface area contributed by atoms with E-state index in [1.807, 2.05) is 0 Å². The highest BCUT2D eigenvalue weighted by Crippen LogP contribution is 2.69. The van der Waals surface area contributed by atoms with E-state index >= 15 is 0 Å². The van der Waals surface area contributed by atoms with Gasteiger partial charge in [-0.15, -0.1) is 0 Å². The molecule has 340 valence electrons. The van der Waals surface area contributed by atoms with Crippen LogP contribution in [0.1, 0.15) is 113 Å². The second kappa shape index (κ2) is 15.5. The smallest absolute Gasteiger partial charge is 0.0467 e. The van der Waals surface area contributed by atoms with Crippen LogP contribution in [-0.2, 0) is 16.2 Å². The largest absolute Gasteiger partial charge is 0.310 e. The first-order valence-electron chi connectivity index (χ1n) is 26.5. The van der Waals surface area contributed by atoms with Crippen LogP contribution in [0.2, 0.25) is 0 Å². The summed E-state index contributed by atoms with van der Waals surface area (Å²) in [6, 6.07) is 70.7. The highest BCUT2D eigenvalue weighted by molar-refractivity contribution is 5.89. The summed E-state index contributed by atoms with van der Waals surface area (Å²) in [5.41, 5.74) is 25.0. The summed E-state index contributed by atoms with van der Waals surface area (Å²) in [6.07, 6.45) is 13.6. The van der Waals surface area contributed by atoms with Gasteiger partial charge < -0.3 is 4.90 Å². The van der Waals surface area contributed by atoms with Gasteiger partial charge in [-0.05, 0) is 206 Å². The molecule has 0 amide bonds. The summed E-state index contributed by atoms with van der Waals surface area (Å²) in [5.74, 6) is 3.46. The first-order valence-corrected chi connectivity index (χ1v) is 26.5. The highest BCUT2D eigenvalue weighted by atomic mass is 15.1. The van der Waals surface area contributed by atoms with Crippen LogP contribution in [0.5, 0.6) is 0 Å². The number of hydrogen-bond donors (Lipinski definition) is 0. The van der Waals surface area contributed by atoms with Crippen LogP contribution in [0, 0.1) is 23.7 Å². The zero-order valence-corrected chi connectivity index (χ0v) is 40.6. The van der Waals surface area contributed by atoms with Crippen LogP contribution < -0.4 is 4.90 Å². The highest BCUT2D eigenvalue weighted by Gasteiger charge is 2.61. The van der Waals surface area contributed by atoms with Crippen molar-refractivity contribution < 1.29 is 0 Å². The number of hydrogen-bond acceptors (Lipinski definition) is 1. The van der Waals surface area contributed by atoms with Gasteiger partial charge >= 0.3 is 0 Å². The van der Waals surface area contributed by atoms with Gasteiger partial charge in [0.1, 0.15) is 0 Å². The molecule has 1 nitrogen and oxygen atoms in total. The molecule has 0 radical (unpaired) electrons. The van der Waals surface area contributed by atoms with E-state index in [2.05, 4.69) is 208 Å². The van der Waals surface area contributed by atoms with Crippen LogP contribution in [0.15, 0.2) is 182 Å². The van der Waals surface area contributed by atoms with Gasteiger partial charge in [-0.3, -0.25) is 0 Å². The molecule has 69 heavy (non-hydrogen) atoms. The summed E-state index contributed by atoms with van der Waals surface area (Å²) in [5, 5.41) is 0. The molecular formula is C68H63N. The fourth-order valence-corrected chi connectivity index (χ4v) is 15.7. The zero-order chi connectivity index (χ0) is 46.1. The lowest BCUT2D eigenvalue weighted by molar-refractivity contribution is -0.0399. The molecule has 0 N–H and O–H groups in total. The molecule has 1 heteroatoms. The monoisotopic (exact) mass is 893 g/mol.